The molecule has 0 unspecified atom stereocenters. The number of nitrogens with zero attached hydrogens (tertiary/aromatic N) is 2. The maximum Gasteiger partial charge on any atom is 0.220 e. The molecule has 1 heterocycles. The standard InChI is InChI=1S/C25H21ClFN3O4/c1-32-22-9-6-14(10-23(22)33-2)17-12-29-25(28)30-24(17)16-8-7-15(11-21(16)31)34-13-18-19(26)4-3-5-20(18)27/h3-12,31H,13H2,1-2H3,(H2,28,29,30). The van der Waals surface area contributed by atoms with Gasteiger partial charge in [0.15, 0.2) is 11.5 Å². The van der Waals surface area contributed by atoms with Crippen LogP contribution in [0, 0.1) is 5.82 Å². The Morgan fingerprint density at radius 1 is 1.00 bits per heavy atom. The van der Waals surface area contributed by atoms with Gasteiger partial charge >= 0.3 is 0 Å². The van der Waals surface area contributed by atoms with E-state index in [4.69, 9.17) is 31.5 Å². The Labute approximate surface area is 200 Å². The van der Waals surface area contributed by atoms with E-state index >= 15 is 0 Å². The molecule has 34 heavy (non-hydrogen) atoms. The van der Waals surface area contributed by atoms with Gasteiger partial charge in [-0.3, -0.25) is 0 Å². The van der Waals surface area contributed by atoms with E-state index in [0.717, 1.165) is 5.56 Å². The predicted octanol–water partition coefficient (Wildman–Crippen LogP) is 5.49. The van der Waals surface area contributed by atoms with Crippen LogP contribution in [0.3, 0.4) is 0 Å². The Morgan fingerprint density at radius 2 is 1.79 bits per heavy atom. The van der Waals surface area contributed by atoms with Crippen molar-refractivity contribution in [3.05, 3.63) is 77.2 Å². The Balaban J connectivity index is 1.68. The van der Waals surface area contributed by atoms with Crippen LogP contribution in [0.15, 0.2) is 60.8 Å². The molecule has 4 aromatic rings. The van der Waals surface area contributed by atoms with Gasteiger partial charge in [-0.1, -0.05) is 23.7 Å². The van der Waals surface area contributed by atoms with Gasteiger partial charge in [0.1, 0.15) is 23.9 Å². The van der Waals surface area contributed by atoms with Crippen LogP contribution in [0.2, 0.25) is 5.02 Å². The molecule has 174 valence electrons. The van der Waals surface area contributed by atoms with Crippen LogP contribution in [-0.2, 0) is 6.61 Å². The lowest BCUT2D eigenvalue weighted by molar-refractivity contribution is 0.298. The zero-order chi connectivity index (χ0) is 24.2. The second-order valence-corrected chi connectivity index (χ2v) is 7.64. The number of hydrogen-bond acceptors (Lipinski definition) is 7. The van der Waals surface area contributed by atoms with E-state index < -0.39 is 5.82 Å². The minimum absolute atomic E-state index is 0.0492. The zero-order valence-electron chi connectivity index (χ0n) is 18.4. The molecule has 0 bridgehead atoms. The summed E-state index contributed by atoms with van der Waals surface area (Å²) in [5.74, 6) is 0.913. The summed E-state index contributed by atoms with van der Waals surface area (Å²) in [4.78, 5) is 8.46. The summed E-state index contributed by atoms with van der Waals surface area (Å²) in [7, 11) is 3.10. The summed E-state index contributed by atoms with van der Waals surface area (Å²) in [6.45, 7) is -0.0956. The molecule has 9 heteroatoms. The summed E-state index contributed by atoms with van der Waals surface area (Å²) in [5, 5.41) is 11.0. The lowest BCUT2D eigenvalue weighted by Gasteiger charge is -2.14. The largest absolute Gasteiger partial charge is 0.507 e. The van der Waals surface area contributed by atoms with Gasteiger partial charge in [0.25, 0.3) is 0 Å². The summed E-state index contributed by atoms with van der Waals surface area (Å²) >= 11 is 6.05. The number of hydrogen-bond donors (Lipinski definition) is 2. The second-order valence-electron chi connectivity index (χ2n) is 7.23. The Kier molecular flexibility index (Phi) is 6.70. The van der Waals surface area contributed by atoms with Crippen molar-refractivity contribution in [1.29, 1.82) is 0 Å². The van der Waals surface area contributed by atoms with Crippen molar-refractivity contribution in [1.82, 2.24) is 9.97 Å². The Morgan fingerprint density at radius 3 is 2.50 bits per heavy atom. The fourth-order valence-corrected chi connectivity index (χ4v) is 3.66. The third-order valence-electron chi connectivity index (χ3n) is 5.17. The van der Waals surface area contributed by atoms with Crippen molar-refractivity contribution in [3.8, 4) is 45.4 Å². The van der Waals surface area contributed by atoms with E-state index in [0.29, 0.717) is 34.1 Å². The lowest BCUT2D eigenvalue weighted by atomic mass is 9.99. The number of aromatic nitrogens is 2. The van der Waals surface area contributed by atoms with Gasteiger partial charge in [-0.25, -0.2) is 14.4 Å². The predicted molar refractivity (Wildman–Crippen MR) is 128 cm³/mol. The van der Waals surface area contributed by atoms with Gasteiger partial charge in [-0.05, 0) is 42.0 Å². The summed E-state index contributed by atoms with van der Waals surface area (Å²) in [5.41, 5.74) is 8.26. The van der Waals surface area contributed by atoms with Crippen LogP contribution in [0.1, 0.15) is 5.56 Å². The first-order chi connectivity index (χ1) is 16.4. The number of ether oxygens (including phenoxy) is 3. The molecule has 0 aliphatic carbocycles. The molecule has 0 amide bonds. The molecule has 0 aliphatic rings. The maximum atomic E-state index is 14.0. The smallest absolute Gasteiger partial charge is 0.220 e. The first-order valence-corrected chi connectivity index (χ1v) is 10.5. The monoisotopic (exact) mass is 481 g/mol. The Hall–Kier alpha value is -4.04. The second kappa shape index (κ2) is 9.84. The minimum Gasteiger partial charge on any atom is -0.507 e. The normalized spacial score (nSPS) is 10.7. The molecule has 4 rings (SSSR count). The maximum absolute atomic E-state index is 14.0. The van der Waals surface area contributed by atoms with Crippen molar-refractivity contribution in [2.24, 2.45) is 0 Å². The number of nitrogens with two attached hydrogens (primary N) is 1. The van der Waals surface area contributed by atoms with Crippen LogP contribution >= 0.6 is 11.6 Å². The molecule has 0 spiro atoms. The van der Waals surface area contributed by atoms with Crippen molar-refractivity contribution in [3.63, 3.8) is 0 Å². The molecule has 0 atom stereocenters. The number of nitrogen functional groups attached to an aromatic ring is 1. The van der Waals surface area contributed by atoms with Crippen molar-refractivity contribution in [2.75, 3.05) is 20.0 Å². The van der Waals surface area contributed by atoms with E-state index in [9.17, 15) is 9.50 Å². The molecule has 3 aromatic carbocycles. The van der Waals surface area contributed by atoms with Gasteiger partial charge in [0, 0.05) is 29.0 Å². The molecule has 3 N–H and O–H groups in total. The molecule has 0 radical (unpaired) electrons. The molecule has 0 saturated heterocycles. The third kappa shape index (κ3) is 4.67. The van der Waals surface area contributed by atoms with Gasteiger partial charge in [0.05, 0.1) is 24.9 Å². The fourth-order valence-electron chi connectivity index (χ4n) is 3.44. The summed E-state index contributed by atoms with van der Waals surface area (Å²) in [6.07, 6.45) is 1.57. The van der Waals surface area contributed by atoms with Crippen molar-refractivity contribution >= 4 is 17.5 Å². The number of phenols is 1. The first-order valence-electron chi connectivity index (χ1n) is 10.1. The molecular weight excluding hydrogens is 461 g/mol. The fraction of sp³-hybridized carbons (Fsp3) is 0.120. The van der Waals surface area contributed by atoms with Crippen molar-refractivity contribution in [2.45, 2.75) is 6.61 Å². The summed E-state index contributed by atoms with van der Waals surface area (Å²) in [6, 6.07) is 14.5. The number of rotatable bonds is 7. The Bertz CT molecular complexity index is 1330. The average Bonchev–Trinajstić information content (AvgIpc) is 2.83. The zero-order valence-corrected chi connectivity index (χ0v) is 19.1. The van der Waals surface area contributed by atoms with E-state index in [1.54, 1.807) is 50.7 Å². The number of aromatic hydroxyl groups is 1. The quantitative estimate of drug-likeness (QED) is 0.360. The van der Waals surface area contributed by atoms with Gasteiger partial charge in [-0.2, -0.15) is 0 Å². The number of benzene rings is 3. The van der Waals surface area contributed by atoms with Crippen LogP contribution in [-0.4, -0.2) is 29.3 Å². The highest BCUT2D eigenvalue weighted by molar-refractivity contribution is 6.31. The number of halogens is 2. The van der Waals surface area contributed by atoms with Crippen molar-refractivity contribution < 1.29 is 23.7 Å². The van der Waals surface area contributed by atoms with E-state index in [-0.39, 0.29) is 28.9 Å². The molecular formula is C25H21ClFN3O4. The number of anilines is 1. The highest BCUT2D eigenvalue weighted by Gasteiger charge is 2.17. The van der Waals surface area contributed by atoms with E-state index in [1.807, 2.05) is 6.07 Å². The van der Waals surface area contributed by atoms with E-state index in [1.165, 1.54) is 18.2 Å². The molecule has 0 fully saturated rings. The van der Waals surface area contributed by atoms with Gasteiger partial charge in [0.2, 0.25) is 5.95 Å². The molecule has 0 aliphatic heterocycles. The van der Waals surface area contributed by atoms with Gasteiger partial charge in [-0.15, -0.1) is 0 Å². The van der Waals surface area contributed by atoms with Crippen LogP contribution < -0.4 is 19.9 Å². The summed E-state index contributed by atoms with van der Waals surface area (Å²) < 4.78 is 30.3. The van der Waals surface area contributed by atoms with Crippen LogP contribution in [0.25, 0.3) is 22.4 Å². The van der Waals surface area contributed by atoms with Crippen LogP contribution in [0.4, 0.5) is 10.3 Å². The molecule has 0 saturated carbocycles. The average molecular weight is 482 g/mol. The number of methoxy groups -OCH3 is 2. The lowest BCUT2D eigenvalue weighted by Crippen LogP contribution is -2.01. The highest BCUT2D eigenvalue weighted by atomic mass is 35.5. The van der Waals surface area contributed by atoms with Crippen LogP contribution in [0.5, 0.6) is 23.0 Å². The molecule has 7 nitrogen and oxygen atoms in total. The SMILES string of the molecule is COc1ccc(-c2cnc(N)nc2-c2ccc(OCc3c(F)cccc3Cl)cc2O)cc1OC. The van der Waals surface area contributed by atoms with E-state index in [2.05, 4.69) is 9.97 Å². The highest BCUT2D eigenvalue weighted by Crippen LogP contribution is 2.40. The minimum atomic E-state index is -0.468. The first kappa shape index (κ1) is 23.1. The molecule has 1 aromatic heterocycles. The third-order valence-corrected chi connectivity index (χ3v) is 5.53. The topological polar surface area (TPSA) is 99.7 Å². The van der Waals surface area contributed by atoms with Gasteiger partial charge < -0.3 is 25.1 Å². The number of phenolic OH excluding ortho intramolecular Hbond substituents is 1.